The molecule has 0 N–H and O–H groups in total. The molecule has 0 bridgehead atoms. The topological polar surface area (TPSA) is 32.8 Å². The molecular formula is C30H42N2O2. The molecule has 0 saturated carbocycles. The average molecular weight is 463 g/mol. The lowest BCUT2D eigenvalue weighted by Crippen LogP contribution is -2.49. The van der Waals surface area contributed by atoms with Gasteiger partial charge < -0.3 is 9.64 Å². The van der Waals surface area contributed by atoms with Gasteiger partial charge in [0.25, 0.3) is 5.91 Å². The fourth-order valence-electron chi connectivity index (χ4n) is 5.83. The molecule has 0 aliphatic carbocycles. The minimum absolute atomic E-state index is 0.199. The lowest BCUT2D eigenvalue weighted by atomic mass is 9.73. The van der Waals surface area contributed by atoms with Crippen LogP contribution in [0.15, 0.2) is 48.5 Å². The molecule has 184 valence electrons. The smallest absolute Gasteiger partial charge is 0.254 e. The number of amides is 1. The van der Waals surface area contributed by atoms with Crippen LogP contribution in [0.3, 0.4) is 0 Å². The lowest BCUT2D eigenvalue weighted by molar-refractivity contribution is 0.0354. The summed E-state index contributed by atoms with van der Waals surface area (Å²) in [6.45, 7) is 12.3. The Hall–Kier alpha value is -2.33. The predicted molar refractivity (Wildman–Crippen MR) is 140 cm³/mol. The van der Waals surface area contributed by atoms with Crippen molar-refractivity contribution in [3.05, 3.63) is 65.2 Å². The van der Waals surface area contributed by atoms with Gasteiger partial charge in [0, 0.05) is 38.3 Å². The molecule has 1 spiro atoms. The highest BCUT2D eigenvalue weighted by molar-refractivity contribution is 5.95. The quantitative estimate of drug-likeness (QED) is 0.562. The first-order valence-corrected chi connectivity index (χ1v) is 13.2. The highest BCUT2D eigenvalue weighted by Crippen LogP contribution is 2.39. The summed E-state index contributed by atoms with van der Waals surface area (Å²) >= 11 is 0. The van der Waals surface area contributed by atoms with E-state index in [-0.39, 0.29) is 11.3 Å². The molecule has 2 aliphatic rings. The molecule has 2 aliphatic heterocycles. The predicted octanol–water partition coefficient (Wildman–Crippen LogP) is 5.98. The van der Waals surface area contributed by atoms with Crippen LogP contribution in [0.2, 0.25) is 0 Å². The highest BCUT2D eigenvalue weighted by atomic mass is 16.5. The second kappa shape index (κ2) is 11.4. The SMILES string of the molecule is Cc1ccccc1C(=O)N1CCC2(CCCCc3ccccc3OCCN(CC(C)C)C2)CC1. The van der Waals surface area contributed by atoms with Crippen LogP contribution in [0.5, 0.6) is 5.75 Å². The summed E-state index contributed by atoms with van der Waals surface area (Å²) in [5, 5.41) is 0. The van der Waals surface area contributed by atoms with E-state index in [0.717, 1.165) is 75.5 Å². The minimum atomic E-state index is 0.199. The number of likely N-dealkylation sites (tertiary alicyclic amines) is 1. The Bertz CT molecular complexity index is 946. The van der Waals surface area contributed by atoms with E-state index in [1.54, 1.807) is 0 Å². The van der Waals surface area contributed by atoms with Gasteiger partial charge in [-0.2, -0.15) is 0 Å². The zero-order valence-electron chi connectivity index (χ0n) is 21.4. The van der Waals surface area contributed by atoms with Crippen molar-refractivity contribution in [2.45, 2.75) is 59.3 Å². The van der Waals surface area contributed by atoms with Crippen molar-refractivity contribution in [1.82, 2.24) is 9.80 Å². The Balaban J connectivity index is 1.47. The van der Waals surface area contributed by atoms with Gasteiger partial charge in [-0.1, -0.05) is 56.7 Å². The van der Waals surface area contributed by atoms with Gasteiger partial charge in [-0.3, -0.25) is 9.69 Å². The van der Waals surface area contributed by atoms with Crippen molar-refractivity contribution in [3.63, 3.8) is 0 Å². The summed E-state index contributed by atoms with van der Waals surface area (Å²) in [6, 6.07) is 16.5. The number of rotatable bonds is 3. The Labute approximate surface area is 206 Å². The van der Waals surface area contributed by atoms with Crippen LogP contribution >= 0.6 is 0 Å². The van der Waals surface area contributed by atoms with Crippen molar-refractivity contribution in [2.75, 3.05) is 39.3 Å². The van der Waals surface area contributed by atoms with Gasteiger partial charge >= 0.3 is 0 Å². The monoisotopic (exact) mass is 462 g/mol. The van der Waals surface area contributed by atoms with Crippen LogP contribution in [0.1, 0.15) is 67.4 Å². The number of hydrogen-bond donors (Lipinski definition) is 0. The van der Waals surface area contributed by atoms with E-state index in [9.17, 15) is 4.79 Å². The first-order chi connectivity index (χ1) is 16.5. The molecule has 4 heteroatoms. The summed E-state index contributed by atoms with van der Waals surface area (Å²) in [5.74, 6) is 1.88. The van der Waals surface area contributed by atoms with E-state index in [1.165, 1.54) is 24.8 Å². The first-order valence-electron chi connectivity index (χ1n) is 13.2. The number of para-hydroxylation sites is 1. The zero-order valence-corrected chi connectivity index (χ0v) is 21.4. The van der Waals surface area contributed by atoms with Gasteiger partial charge in [0.1, 0.15) is 12.4 Å². The maximum absolute atomic E-state index is 13.2. The van der Waals surface area contributed by atoms with Gasteiger partial charge in [0.2, 0.25) is 0 Å². The van der Waals surface area contributed by atoms with Crippen LogP contribution in [-0.4, -0.2) is 55.0 Å². The van der Waals surface area contributed by atoms with E-state index in [0.29, 0.717) is 5.92 Å². The molecule has 0 radical (unpaired) electrons. The third kappa shape index (κ3) is 6.21. The van der Waals surface area contributed by atoms with E-state index in [2.05, 4.69) is 47.9 Å². The molecule has 1 amide bonds. The molecule has 0 aromatic heterocycles. The Morgan fingerprint density at radius 1 is 0.971 bits per heavy atom. The average Bonchev–Trinajstić information content (AvgIpc) is 2.82. The Morgan fingerprint density at radius 2 is 1.71 bits per heavy atom. The summed E-state index contributed by atoms with van der Waals surface area (Å²) in [5.41, 5.74) is 3.55. The van der Waals surface area contributed by atoms with E-state index in [1.807, 2.05) is 31.2 Å². The summed E-state index contributed by atoms with van der Waals surface area (Å²) in [6.07, 6.45) is 6.94. The number of hydrogen-bond acceptors (Lipinski definition) is 3. The molecule has 1 saturated heterocycles. The second-order valence-electron chi connectivity index (χ2n) is 10.9. The van der Waals surface area contributed by atoms with Crippen molar-refractivity contribution in [1.29, 1.82) is 0 Å². The number of benzene rings is 2. The summed E-state index contributed by atoms with van der Waals surface area (Å²) in [7, 11) is 0. The van der Waals surface area contributed by atoms with Crippen LogP contribution in [0, 0.1) is 18.3 Å². The highest BCUT2D eigenvalue weighted by Gasteiger charge is 2.37. The van der Waals surface area contributed by atoms with Gasteiger partial charge in [0.05, 0.1) is 0 Å². The Morgan fingerprint density at radius 3 is 2.47 bits per heavy atom. The molecule has 2 heterocycles. The van der Waals surface area contributed by atoms with Crippen molar-refractivity contribution in [2.24, 2.45) is 11.3 Å². The molecule has 2 aromatic rings. The molecule has 0 atom stereocenters. The van der Waals surface area contributed by atoms with Crippen molar-refractivity contribution < 1.29 is 9.53 Å². The third-order valence-electron chi connectivity index (χ3n) is 7.71. The molecule has 1 fully saturated rings. The van der Waals surface area contributed by atoms with E-state index >= 15 is 0 Å². The van der Waals surface area contributed by atoms with Gasteiger partial charge in [-0.25, -0.2) is 0 Å². The zero-order chi connectivity index (χ0) is 24.0. The third-order valence-corrected chi connectivity index (χ3v) is 7.71. The molecule has 0 unspecified atom stereocenters. The maximum Gasteiger partial charge on any atom is 0.254 e. The summed E-state index contributed by atoms with van der Waals surface area (Å²) < 4.78 is 6.26. The normalized spacial score (nSPS) is 19.7. The minimum Gasteiger partial charge on any atom is -0.492 e. The number of piperidine rings is 1. The molecule has 4 nitrogen and oxygen atoms in total. The van der Waals surface area contributed by atoms with Crippen molar-refractivity contribution >= 4 is 5.91 Å². The number of carbonyl (C=O) groups is 1. The lowest BCUT2D eigenvalue weighted by Gasteiger charge is -2.45. The number of nitrogens with zero attached hydrogens (tertiary/aromatic N) is 2. The first kappa shape index (κ1) is 24.8. The van der Waals surface area contributed by atoms with Gasteiger partial charge in [0.15, 0.2) is 0 Å². The maximum atomic E-state index is 13.2. The van der Waals surface area contributed by atoms with Crippen LogP contribution in [-0.2, 0) is 6.42 Å². The Kier molecular flexibility index (Phi) is 8.31. The summed E-state index contributed by atoms with van der Waals surface area (Å²) in [4.78, 5) is 18.0. The number of fused-ring (bicyclic) bond motifs is 1. The van der Waals surface area contributed by atoms with Crippen molar-refractivity contribution in [3.8, 4) is 5.75 Å². The standard InChI is InChI=1S/C30H42N2O2/c1-24(2)22-31-20-21-34-28-14-7-5-11-26(28)12-8-9-15-30(23-31)16-18-32(19-17-30)29(33)27-13-6-4-10-25(27)3/h4-7,10-11,13-14,24H,8-9,12,15-23H2,1-3H3. The number of ether oxygens (including phenoxy) is 1. The van der Waals surface area contributed by atoms with Crippen LogP contribution in [0.4, 0.5) is 0 Å². The molecule has 34 heavy (non-hydrogen) atoms. The number of aryl methyl sites for hydroxylation is 2. The van der Waals surface area contributed by atoms with E-state index < -0.39 is 0 Å². The largest absolute Gasteiger partial charge is 0.492 e. The van der Waals surface area contributed by atoms with Gasteiger partial charge in [-0.05, 0) is 73.6 Å². The molecule has 2 aromatic carbocycles. The molecule has 4 rings (SSSR count). The molecular weight excluding hydrogens is 420 g/mol. The van der Waals surface area contributed by atoms with Crippen LogP contribution in [0.25, 0.3) is 0 Å². The van der Waals surface area contributed by atoms with Crippen LogP contribution < -0.4 is 4.74 Å². The van der Waals surface area contributed by atoms with E-state index in [4.69, 9.17) is 4.74 Å². The number of carbonyl (C=O) groups excluding carboxylic acids is 1. The van der Waals surface area contributed by atoms with Gasteiger partial charge in [-0.15, -0.1) is 0 Å². The fourth-order valence-corrected chi connectivity index (χ4v) is 5.83. The second-order valence-corrected chi connectivity index (χ2v) is 10.9. The fraction of sp³-hybridized carbons (Fsp3) is 0.567.